The summed E-state index contributed by atoms with van der Waals surface area (Å²) in [6.45, 7) is 1.63. The molecule has 0 radical (unpaired) electrons. The van der Waals surface area contributed by atoms with E-state index in [0.717, 1.165) is 5.56 Å². The number of nitrogens with zero attached hydrogens (tertiary/aromatic N) is 2. The van der Waals surface area contributed by atoms with Crippen molar-refractivity contribution in [1.29, 1.82) is 0 Å². The highest BCUT2D eigenvalue weighted by molar-refractivity contribution is 5.83. The number of nitrogens with one attached hydrogen (secondary N) is 1. The predicted molar refractivity (Wildman–Crippen MR) is 52.7 cm³/mol. The standard InChI is InChI=1S/C10H13F2N3O/c1-6-8(10(6,11)12)9(16)13-3-7-4-14-15(2)5-7/h4-6,8H,3H2,1-2H3,(H,13,16). The molecule has 1 heterocycles. The van der Waals surface area contributed by atoms with Crippen LogP contribution < -0.4 is 5.32 Å². The van der Waals surface area contributed by atoms with E-state index in [1.54, 1.807) is 24.1 Å². The smallest absolute Gasteiger partial charge is 0.263 e. The van der Waals surface area contributed by atoms with E-state index in [1.807, 2.05) is 0 Å². The normalized spacial score (nSPS) is 26.5. The van der Waals surface area contributed by atoms with Crippen molar-refractivity contribution in [3.05, 3.63) is 18.0 Å². The monoisotopic (exact) mass is 229 g/mol. The Balaban J connectivity index is 1.86. The summed E-state index contributed by atoms with van der Waals surface area (Å²) in [6.07, 6.45) is 3.32. The largest absolute Gasteiger partial charge is 0.351 e. The molecule has 0 aromatic carbocycles. The second-order valence-corrected chi connectivity index (χ2v) is 4.18. The van der Waals surface area contributed by atoms with E-state index in [-0.39, 0.29) is 6.54 Å². The van der Waals surface area contributed by atoms with Crippen molar-refractivity contribution >= 4 is 5.91 Å². The van der Waals surface area contributed by atoms with E-state index < -0.39 is 23.7 Å². The van der Waals surface area contributed by atoms with Gasteiger partial charge in [0.05, 0.1) is 6.20 Å². The second kappa shape index (κ2) is 3.54. The molecule has 88 valence electrons. The molecule has 1 aliphatic rings. The van der Waals surface area contributed by atoms with Crippen molar-refractivity contribution in [2.45, 2.75) is 19.4 Å². The topological polar surface area (TPSA) is 46.9 Å². The molecule has 2 unspecified atom stereocenters. The summed E-state index contributed by atoms with van der Waals surface area (Å²) in [6, 6.07) is 0. The first kappa shape index (κ1) is 11.0. The van der Waals surface area contributed by atoms with Crippen molar-refractivity contribution in [3.63, 3.8) is 0 Å². The molecule has 4 nitrogen and oxygen atoms in total. The van der Waals surface area contributed by atoms with Crippen LogP contribution in [0.5, 0.6) is 0 Å². The fourth-order valence-electron chi connectivity index (χ4n) is 1.74. The van der Waals surface area contributed by atoms with E-state index in [1.165, 1.54) is 6.92 Å². The van der Waals surface area contributed by atoms with Gasteiger partial charge in [-0.2, -0.15) is 5.10 Å². The molecular weight excluding hydrogens is 216 g/mol. The highest BCUT2D eigenvalue weighted by Crippen LogP contribution is 2.54. The molecule has 16 heavy (non-hydrogen) atoms. The third-order valence-corrected chi connectivity index (χ3v) is 2.92. The molecule has 1 fully saturated rings. The van der Waals surface area contributed by atoms with E-state index in [9.17, 15) is 13.6 Å². The third kappa shape index (κ3) is 1.79. The zero-order valence-electron chi connectivity index (χ0n) is 9.08. The van der Waals surface area contributed by atoms with Gasteiger partial charge in [-0.15, -0.1) is 0 Å². The van der Waals surface area contributed by atoms with Crippen molar-refractivity contribution in [1.82, 2.24) is 15.1 Å². The first-order chi connectivity index (χ1) is 7.43. The first-order valence-electron chi connectivity index (χ1n) is 5.06. The lowest BCUT2D eigenvalue weighted by Crippen LogP contribution is -2.26. The van der Waals surface area contributed by atoms with Gasteiger partial charge < -0.3 is 5.32 Å². The number of hydrogen-bond acceptors (Lipinski definition) is 2. The Labute approximate surface area is 91.6 Å². The van der Waals surface area contributed by atoms with Crippen LogP contribution in [0.15, 0.2) is 12.4 Å². The number of aromatic nitrogens is 2. The lowest BCUT2D eigenvalue weighted by molar-refractivity contribution is -0.124. The van der Waals surface area contributed by atoms with Gasteiger partial charge >= 0.3 is 0 Å². The Hall–Kier alpha value is -1.46. The quantitative estimate of drug-likeness (QED) is 0.838. The van der Waals surface area contributed by atoms with Gasteiger partial charge in [-0.3, -0.25) is 9.48 Å². The van der Waals surface area contributed by atoms with Crippen molar-refractivity contribution in [3.8, 4) is 0 Å². The zero-order valence-corrected chi connectivity index (χ0v) is 9.08. The summed E-state index contributed by atoms with van der Waals surface area (Å²) >= 11 is 0. The van der Waals surface area contributed by atoms with Crippen molar-refractivity contribution < 1.29 is 13.6 Å². The van der Waals surface area contributed by atoms with Crippen LogP contribution in [-0.4, -0.2) is 21.6 Å². The summed E-state index contributed by atoms with van der Waals surface area (Å²) in [7, 11) is 1.75. The molecule has 0 aliphatic heterocycles. The molecule has 2 rings (SSSR count). The number of amides is 1. The lowest BCUT2D eigenvalue weighted by atomic mass is 10.3. The molecule has 1 N–H and O–H groups in total. The maximum absolute atomic E-state index is 12.9. The zero-order chi connectivity index (χ0) is 11.9. The van der Waals surface area contributed by atoms with Crippen LogP contribution in [0.3, 0.4) is 0 Å². The van der Waals surface area contributed by atoms with Crippen LogP contribution in [0.4, 0.5) is 8.78 Å². The number of alkyl halides is 2. The molecular formula is C10H13F2N3O. The Morgan fingerprint density at radius 2 is 2.31 bits per heavy atom. The van der Waals surface area contributed by atoms with Crippen LogP contribution in [0.25, 0.3) is 0 Å². The Morgan fingerprint density at radius 3 is 2.75 bits per heavy atom. The molecule has 2 atom stereocenters. The van der Waals surface area contributed by atoms with Gasteiger partial charge in [0.2, 0.25) is 5.91 Å². The van der Waals surface area contributed by atoms with E-state index in [0.29, 0.717) is 0 Å². The van der Waals surface area contributed by atoms with Gasteiger partial charge in [0.15, 0.2) is 0 Å². The molecule has 6 heteroatoms. The summed E-state index contributed by atoms with van der Waals surface area (Å²) in [5.74, 6) is -5.43. The minimum absolute atomic E-state index is 0.242. The van der Waals surface area contributed by atoms with E-state index >= 15 is 0 Å². The maximum atomic E-state index is 12.9. The minimum Gasteiger partial charge on any atom is -0.351 e. The van der Waals surface area contributed by atoms with Crippen LogP contribution in [0.1, 0.15) is 12.5 Å². The SMILES string of the molecule is CC1C(C(=O)NCc2cnn(C)c2)C1(F)F. The molecule has 0 bridgehead atoms. The summed E-state index contributed by atoms with van der Waals surface area (Å²) in [5, 5.41) is 6.40. The van der Waals surface area contributed by atoms with Crippen LogP contribution in [-0.2, 0) is 18.4 Å². The molecule has 1 aliphatic carbocycles. The van der Waals surface area contributed by atoms with Crippen LogP contribution >= 0.6 is 0 Å². The molecule has 1 aromatic rings. The lowest BCUT2D eigenvalue weighted by Gasteiger charge is -2.01. The number of hydrogen-bond donors (Lipinski definition) is 1. The van der Waals surface area contributed by atoms with E-state index in [2.05, 4.69) is 10.4 Å². The number of rotatable bonds is 3. The molecule has 1 amide bonds. The van der Waals surface area contributed by atoms with E-state index in [4.69, 9.17) is 0 Å². The van der Waals surface area contributed by atoms with Gasteiger partial charge in [0, 0.05) is 31.3 Å². The Kier molecular flexibility index (Phi) is 2.44. The Bertz CT molecular complexity index is 416. The van der Waals surface area contributed by atoms with Gasteiger partial charge in [-0.25, -0.2) is 8.78 Å². The molecule has 1 aromatic heterocycles. The average Bonchev–Trinajstić information content (AvgIpc) is 2.59. The van der Waals surface area contributed by atoms with Crippen molar-refractivity contribution in [2.24, 2.45) is 18.9 Å². The third-order valence-electron chi connectivity index (χ3n) is 2.92. The fraction of sp³-hybridized carbons (Fsp3) is 0.600. The van der Waals surface area contributed by atoms with Crippen molar-refractivity contribution in [2.75, 3.05) is 0 Å². The average molecular weight is 229 g/mol. The van der Waals surface area contributed by atoms with Crippen LogP contribution in [0.2, 0.25) is 0 Å². The second-order valence-electron chi connectivity index (χ2n) is 4.18. The number of halogens is 2. The summed E-state index contributed by atoms with van der Waals surface area (Å²) in [5.41, 5.74) is 0.799. The molecule has 0 spiro atoms. The molecule has 0 saturated heterocycles. The van der Waals surface area contributed by atoms with Gasteiger partial charge in [-0.05, 0) is 0 Å². The number of carbonyl (C=O) groups is 1. The highest BCUT2D eigenvalue weighted by Gasteiger charge is 2.69. The van der Waals surface area contributed by atoms with Gasteiger partial charge in [0.25, 0.3) is 5.92 Å². The number of aryl methyl sites for hydroxylation is 1. The summed E-state index contributed by atoms with van der Waals surface area (Å²) < 4.78 is 27.4. The Morgan fingerprint density at radius 1 is 1.69 bits per heavy atom. The highest BCUT2D eigenvalue weighted by atomic mass is 19.3. The first-order valence-corrected chi connectivity index (χ1v) is 5.06. The minimum atomic E-state index is -2.83. The van der Waals surface area contributed by atoms with Gasteiger partial charge in [-0.1, -0.05) is 6.92 Å². The summed E-state index contributed by atoms with van der Waals surface area (Å²) in [4.78, 5) is 11.4. The number of carbonyl (C=O) groups excluding carboxylic acids is 1. The molecule has 1 saturated carbocycles. The fourth-order valence-corrected chi connectivity index (χ4v) is 1.74. The van der Waals surface area contributed by atoms with Crippen LogP contribution in [0, 0.1) is 11.8 Å². The van der Waals surface area contributed by atoms with Gasteiger partial charge in [0.1, 0.15) is 5.92 Å². The predicted octanol–water partition coefficient (Wildman–Crippen LogP) is 0.937. The maximum Gasteiger partial charge on any atom is 0.263 e.